The summed E-state index contributed by atoms with van der Waals surface area (Å²) in [6.45, 7) is 1.47. The number of aromatic nitrogens is 1. The molecular weight excluding hydrogens is 187 g/mol. The molecule has 8 heteroatoms. The van der Waals surface area contributed by atoms with Crippen LogP contribution in [0, 0.1) is 10.1 Å². The molecule has 0 fully saturated rings. The SMILES string of the molecule is CB(O)N(N)c1ccc([N+](=O)[O-])nc1. The molecule has 0 bridgehead atoms. The number of hydrazine groups is 1. The fourth-order valence-electron chi connectivity index (χ4n) is 0.855. The number of rotatable bonds is 3. The van der Waals surface area contributed by atoms with E-state index in [4.69, 9.17) is 10.9 Å². The highest BCUT2D eigenvalue weighted by Gasteiger charge is 2.15. The Hall–Kier alpha value is -1.67. The minimum Gasteiger partial charge on any atom is -0.432 e. The molecule has 0 aliphatic carbocycles. The van der Waals surface area contributed by atoms with E-state index in [2.05, 4.69) is 4.98 Å². The molecule has 3 N–H and O–H groups in total. The Morgan fingerprint density at radius 1 is 1.71 bits per heavy atom. The molecule has 0 saturated carbocycles. The lowest BCUT2D eigenvalue weighted by molar-refractivity contribution is -0.389. The largest absolute Gasteiger partial charge is 0.432 e. The molecule has 1 aromatic rings. The third-order valence-corrected chi connectivity index (χ3v) is 1.62. The van der Waals surface area contributed by atoms with Gasteiger partial charge in [-0.25, -0.2) is 0 Å². The van der Waals surface area contributed by atoms with Gasteiger partial charge in [0.05, 0.1) is 5.69 Å². The number of nitrogens with zero attached hydrogens (tertiary/aromatic N) is 3. The second kappa shape index (κ2) is 4.03. The van der Waals surface area contributed by atoms with Crippen LogP contribution < -0.4 is 10.8 Å². The summed E-state index contributed by atoms with van der Waals surface area (Å²) in [5, 5.41) is 19.4. The van der Waals surface area contributed by atoms with Gasteiger partial charge in [-0.2, -0.15) is 0 Å². The molecule has 0 amide bonds. The molecule has 0 aliphatic heterocycles. The minimum absolute atomic E-state index is 0.257. The van der Waals surface area contributed by atoms with Gasteiger partial charge in [0.15, 0.2) is 6.20 Å². The maximum Gasteiger partial charge on any atom is 0.424 e. The summed E-state index contributed by atoms with van der Waals surface area (Å²) in [4.78, 5) is 14.3. The Morgan fingerprint density at radius 3 is 2.71 bits per heavy atom. The van der Waals surface area contributed by atoms with Crippen LogP contribution in [-0.4, -0.2) is 22.0 Å². The van der Waals surface area contributed by atoms with Crippen molar-refractivity contribution in [2.75, 3.05) is 4.92 Å². The molecule has 74 valence electrons. The summed E-state index contributed by atoms with van der Waals surface area (Å²) < 4.78 is 0. The van der Waals surface area contributed by atoms with E-state index >= 15 is 0 Å². The molecule has 0 atom stereocenters. The number of nitrogens with two attached hydrogens (primary N) is 1. The average Bonchev–Trinajstić information content (AvgIpc) is 2.16. The van der Waals surface area contributed by atoms with Crippen molar-refractivity contribution in [3.05, 3.63) is 28.4 Å². The lowest BCUT2D eigenvalue weighted by atomic mass is 9.87. The number of hydrogen-bond donors (Lipinski definition) is 2. The van der Waals surface area contributed by atoms with Crippen molar-refractivity contribution < 1.29 is 9.95 Å². The molecule has 0 saturated heterocycles. The first kappa shape index (κ1) is 10.4. The lowest BCUT2D eigenvalue weighted by Gasteiger charge is -2.16. The van der Waals surface area contributed by atoms with Crippen LogP contribution in [0.5, 0.6) is 0 Å². The average molecular weight is 196 g/mol. The minimum atomic E-state index is -0.877. The summed E-state index contributed by atoms with van der Waals surface area (Å²) >= 11 is 0. The third kappa shape index (κ3) is 2.18. The Balaban J connectivity index is 2.88. The van der Waals surface area contributed by atoms with Gasteiger partial charge in [-0.05, 0) is 22.8 Å². The van der Waals surface area contributed by atoms with Crippen molar-refractivity contribution in [1.82, 2.24) is 4.98 Å². The molecule has 0 aromatic carbocycles. The molecular formula is C6H9BN4O3. The number of pyridine rings is 1. The van der Waals surface area contributed by atoms with E-state index in [9.17, 15) is 10.1 Å². The van der Waals surface area contributed by atoms with Crippen molar-refractivity contribution in [3.63, 3.8) is 0 Å². The second-order valence-corrected chi connectivity index (χ2v) is 2.67. The van der Waals surface area contributed by atoms with Crippen LogP contribution in [0.25, 0.3) is 0 Å². The van der Waals surface area contributed by atoms with Gasteiger partial charge >= 0.3 is 12.9 Å². The van der Waals surface area contributed by atoms with E-state index in [-0.39, 0.29) is 5.82 Å². The summed E-state index contributed by atoms with van der Waals surface area (Å²) in [6, 6.07) is 2.63. The van der Waals surface area contributed by atoms with Crippen LogP contribution in [0.2, 0.25) is 6.82 Å². The molecule has 7 nitrogen and oxygen atoms in total. The van der Waals surface area contributed by atoms with Gasteiger partial charge < -0.3 is 20.1 Å². The van der Waals surface area contributed by atoms with Crippen LogP contribution in [0.4, 0.5) is 11.5 Å². The molecule has 14 heavy (non-hydrogen) atoms. The van der Waals surface area contributed by atoms with Crippen molar-refractivity contribution in [2.45, 2.75) is 6.82 Å². The highest BCUT2D eigenvalue weighted by Crippen LogP contribution is 2.13. The molecule has 1 heterocycles. The molecule has 0 unspecified atom stereocenters. The number of hydrogen-bond acceptors (Lipinski definition) is 6. The van der Waals surface area contributed by atoms with Gasteiger partial charge in [-0.3, -0.25) is 5.84 Å². The molecule has 0 aliphatic rings. The highest BCUT2D eigenvalue weighted by molar-refractivity contribution is 6.53. The van der Waals surface area contributed by atoms with Crippen LogP contribution in [0.15, 0.2) is 18.3 Å². The zero-order valence-corrected chi connectivity index (χ0v) is 7.49. The van der Waals surface area contributed by atoms with Crippen LogP contribution >= 0.6 is 0 Å². The Labute approximate surface area is 80.4 Å². The van der Waals surface area contributed by atoms with Crippen molar-refractivity contribution in [2.24, 2.45) is 5.84 Å². The molecule has 0 radical (unpaired) electrons. The van der Waals surface area contributed by atoms with Gasteiger partial charge in [0.2, 0.25) is 0 Å². The summed E-state index contributed by atoms with van der Waals surface area (Å²) in [7, 11) is -0.877. The first-order chi connectivity index (χ1) is 6.52. The predicted octanol–water partition coefficient (Wildman–Crippen LogP) is -0.220. The normalized spacial score (nSPS) is 9.64. The maximum atomic E-state index is 10.3. The highest BCUT2D eigenvalue weighted by atomic mass is 16.6. The monoisotopic (exact) mass is 196 g/mol. The van der Waals surface area contributed by atoms with E-state index in [1.54, 1.807) is 0 Å². The topological polar surface area (TPSA) is 106 Å². The van der Waals surface area contributed by atoms with Gasteiger partial charge in [-0.15, -0.1) is 0 Å². The zero-order chi connectivity index (χ0) is 10.7. The van der Waals surface area contributed by atoms with Crippen LogP contribution in [-0.2, 0) is 0 Å². The standard InChI is InChI=1S/C6H9BN4O3/c1-7(12)10(8)5-2-3-6(9-4-5)11(13)14/h2-4,12H,8H2,1H3. The van der Waals surface area contributed by atoms with Gasteiger partial charge in [0.1, 0.15) is 0 Å². The summed E-state index contributed by atoms with van der Waals surface area (Å²) in [6.07, 6.45) is 1.23. The fraction of sp³-hybridized carbons (Fsp3) is 0.167. The second-order valence-electron chi connectivity index (χ2n) is 2.67. The van der Waals surface area contributed by atoms with Crippen molar-refractivity contribution >= 4 is 18.6 Å². The van der Waals surface area contributed by atoms with E-state index < -0.39 is 12.0 Å². The van der Waals surface area contributed by atoms with E-state index in [0.29, 0.717) is 5.69 Å². The number of nitro groups is 1. The van der Waals surface area contributed by atoms with Crippen LogP contribution in [0.3, 0.4) is 0 Å². The first-order valence-corrected chi connectivity index (χ1v) is 3.85. The van der Waals surface area contributed by atoms with E-state index in [1.807, 2.05) is 0 Å². The summed E-state index contributed by atoms with van der Waals surface area (Å²) in [5.41, 5.74) is 0.408. The molecule has 1 aromatic heterocycles. The third-order valence-electron chi connectivity index (χ3n) is 1.62. The van der Waals surface area contributed by atoms with Crippen molar-refractivity contribution in [1.29, 1.82) is 0 Å². The zero-order valence-electron chi connectivity index (χ0n) is 7.49. The number of anilines is 1. The van der Waals surface area contributed by atoms with E-state index in [0.717, 1.165) is 4.92 Å². The van der Waals surface area contributed by atoms with Gasteiger partial charge in [0, 0.05) is 6.07 Å². The van der Waals surface area contributed by atoms with Crippen molar-refractivity contribution in [3.8, 4) is 0 Å². The van der Waals surface area contributed by atoms with Gasteiger partial charge in [-0.1, -0.05) is 0 Å². The lowest BCUT2D eigenvalue weighted by Crippen LogP contribution is -2.43. The Bertz CT molecular complexity index is 328. The first-order valence-electron chi connectivity index (χ1n) is 3.85. The predicted molar refractivity (Wildman–Crippen MR) is 51.4 cm³/mol. The quantitative estimate of drug-likeness (QED) is 0.299. The summed E-state index contributed by atoms with van der Waals surface area (Å²) in [5.74, 6) is 5.18. The smallest absolute Gasteiger partial charge is 0.424 e. The Kier molecular flexibility index (Phi) is 3.00. The fourth-order valence-corrected chi connectivity index (χ4v) is 0.855. The van der Waals surface area contributed by atoms with E-state index in [1.165, 1.54) is 25.2 Å². The van der Waals surface area contributed by atoms with Gasteiger partial charge in [0.25, 0.3) is 0 Å². The maximum absolute atomic E-state index is 10.3. The molecule has 1 rings (SSSR count). The van der Waals surface area contributed by atoms with Crippen LogP contribution in [0.1, 0.15) is 0 Å². The Morgan fingerprint density at radius 2 is 2.36 bits per heavy atom. The molecule has 0 spiro atoms.